The molecule has 5 nitrogen and oxygen atoms in total. The number of nitrogens with one attached hydrogen (secondary N) is 1. The highest BCUT2D eigenvalue weighted by atomic mass is 16.5. The lowest BCUT2D eigenvalue weighted by molar-refractivity contribution is -0.125. The van der Waals surface area contributed by atoms with Crippen LogP contribution in [-0.4, -0.2) is 35.7 Å². The Hall–Kier alpha value is -1.62. The SMILES string of the molecule is CC1OCC1(C)NC(=O)c1ccc(C2CC2)c(OCC2CC2)n1. The summed E-state index contributed by atoms with van der Waals surface area (Å²) in [5.41, 5.74) is 1.29. The summed E-state index contributed by atoms with van der Waals surface area (Å²) in [6.07, 6.45) is 4.91. The highest BCUT2D eigenvalue weighted by Crippen LogP contribution is 2.44. The zero-order chi connectivity index (χ0) is 16.0. The van der Waals surface area contributed by atoms with Crippen molar-refractivity contribution >= 4 is 5.91 Å². The van der Waals surface area contributed by atoms with Crippen LogP contribution in [0.4, 0.5) is 0 Å². The molecule has 23 heavy (non-hydrogen) atoms. The Kier molecular flexibility index (Phi) is 3.56. The summed E-state index contributed by atoms with van der Waals surface area (Å²) in [7, 11) is 0. The molecule has 0 spiro atoms. The minimum Gasteiger partial charge on any atom is -0.477 e. The predicted octanol–water partition coefficient (Wildman–Crippen LogP) is 2.66. The number of carbonyl (C=O) groups excluding carboxylic acids is 1. The summed E-state index contributed by atoms with van der Waals surface area (Å²) in [4.78, 5) is 17.0. The van der Waals surface area contributed by atoms with Crippen molar-refractivity contribution in [2.45, 2.75) is 57.1 Å². The first-order chi connectivity index (χ1) is 11.0. The smallest absolute Gasteiger partial charge is 0.270 e. The van der Waals surface area contributed by atoms with Gasteiger partial charge in [-0.05, 0) is 57.4 Å². The molecule has 1 aliphatic heterocycles. The van der Waals surface area contributed by atoms with E-state index in [0.717, 1.165) is 12.2 Å². The fraction of sp³-hybridized carbons (Fsp3) is 0.667. The molecular weight excluding hydrogens is 292 g/mol. The second-order valence-electron chi connectivity index (χ2n) is 7.44. The number of amides is 1. The van der Waals surface area contributed by atoms with Gasteiger partial charge in [0.2, 0.25) is 5.88 Å². The Morgan fingerprint density at radius 2 is 2.17 bits per heavy atom. The van der Waals surface area contributed by atoms with Crippen molar-refractivity contribution in [3.8, 4) is 5.88 Å². The van der Waals surface area contributed by atoms with E-state index in [-0.39, 0.29) is 17.6 Å². The van der Waals surface area contributed by atoms with Crippen molar-refractivity contribution < 1.29 is 14.3 Å². The largest absolute Gasteiger partial charge is 0.477 e. The minimum absolute atomic E-state index is 0.0303. The van der Waals surface area contributed by atoms with Crippen LogP contribution in [0, 0.1) is 5.92 Å². The van der Waals surface area contributed by atoms with Crippen molar-refractivity contribution in [2.75, 3.05) is 13.2 Å². The van der Waals surface area contributed by atoms with Gasteiger partial charge in [0, 0.05) is 5.56 Å². The molecule has 1 N–H and O–H groups in total. The normalized spacial score (nSPS) is 29.7. The molecule has 3 aliphatic rings. The third kappa shape index (κ3) is 3.07. The third-order valence-electron chi connectivity index (χ3n) is 5.22. The Labute approximate surface area is 136 Å². The monoisotopic (exact) mass is 316 g/mol. The molecule has 124 valence electrons. The van der Waals surface area contributed by atoms with Crippen LogP contribution in [0.15, 0.2) is 12.1 Å². The highest BCUT2D eigenvalue weighted by Gasteiger charge is 2.43. The van der Waals surface area contributed by atoms with E-state index in [1.807, 2.05) is 26.0 Å². The van der Waals surface area contributed by atoms with Gasteiger partial charge in [-0.25, -0.2) is 4.98 Å². The van der Waals surface area contributed by atoms with Crippen molar-refractivity contribution in [3.05, 3.63) is 23.4 Å². The molecule has 4 rings (SSSR count). The molecule has 1 amide bonds. The number of hydrogen-bond acceptors (Lipinski definition) is 4. The van der Waals surface area contributed by atoms with Gasteiger partial charge in [-0.2, -0.15) is 0 Å². The van der Waals surface area contributed by atoms with Crippen LogP contribution in [0.2, 0.25) is 0 Å². The molecule has 5 heteroatoms. The standard InChI is InChI=1S/C18H24N2O3/c1-11-18(2,10-23-11)20-16(21)15-8-7-14(13-5-6-13)17(19-15)22-9-12-3-4-12/h7-8,11-13H,3-6,9-10H2,1-2H3,(H,20,21). The van der Waals surface area contributed by atoms with Crippen LogP contribution in [0.5, 0.6) is 5.88 Å². The van der Waals surface area contributed by atoms with E-state index < -0.39 is 0 Å². The summed E-state index contributed by atoms with van der Waals surface area (Å²) in [6.45, 7) is 5.24. The molecule has 3 fully saturated rings. The maximum Gasteiger partial charge on any atom is 0.270 e. The second kappa shape index (κ2) is 5.48. The van der Waals surface area contributed by atoms with Crippen LogP contribution in [0.3, 0.4) is 0 Å². The van der Waals surface area contributed by atoms with Gasteiger partial charge in [0.15, 0.2) is 0 Å². The number of nitrogens with zero attached hydrogens (tertiary/aromatic N) is 1. The number of carbonyl (C=O) groups is 1. The van der Waals surface area contributed by atoms with E-state index in [4.69, 9.17) is 9.47 Å². The van der Waals surface area contributed by atoms with E-state index >= 15 is 0 Å². The zero-order valence-corrected chi connectivity index (χ0v) is 13.8. The van der Waals surface area contributed by atoms with Crippen LogP contribution in [0.1, 0.15) is 61.5 Å². The lowest BCUT2D eigenvalue weighted by Gasteiger charge is -2.45. The molecule has 2 heterocycles. The van der Waals surface area contributed by atoms with E-state index in [2.05, 4.69) is 10.3 Å². The molecule has 2 unspecified atom stereocenters. The number of hydrogen-bond donors (Lipinski definition) is 1. The maximum absolute atomic E-state index is 12.5. The summed E-state index contributed by atoms with van der Waals surface area (Å²) < 4.78 is 11.3. The molecule has 2 saturated carbocycles. The summed E-state index contributed by atoms with van der Waals surface area (Å²) in [5, 5.41) is 3.05. The van der Waals surface area contributed by atoms with Crippen LogP contribution in [0.25, 0.3) is 0 Å². The van der Waals surface area contributed by atoms with E-state index in [1.165, 1.54) is 25.7 Å². The fourth-order valence-corrected chi connectivity index (χ4v) is 2.84. The van der Waals surface area contributed by atoms with Gasteiger partial charge >= 0.3 is 0 Å². The summed E-state index contributed by atoms with van der Waals surface area (Å²) >= 11 is 0. The number of aromatic nitrogens is 1. The molecule has 0 bridgehead atoms. The van der Waals surface area contributed by atoms with E-state index in [0.29, 0.717) is 30.0 Å². The maximum atomic E-state index is 12.5. The number of ether oxygens (including phenoxy) is 2. The Morgan fingerprint density at radius 3 is 2.74 bits per heavy atom. The van der Waals surface area contributed by atoms with Gasteiger partial charge < -0.3 is 14.8 Å². The van der Waals surface area contributed by atoms with Crippen molar-refractivity contribution in [3.63, 3.8) is 0 Å². The molecule has 2 aliphatic carbocycles. The molecule has 0 aromatic carbocycles. The molecule has 1 saturated heterocycles. The fourth-order valence-electron chi connectivity index (χ4n) is 2.84. The lowest BCUT2D eigenvalue weighted by atomic mass is 9.91. The van der Waals surface area contributed by atoms with Crippen molar-refractivity contribution in [1.82, 2.24) is 10.3 Å². The third-order valence-corrected chi connectivity index (χ3v) is 5.22. The molecule has 0 radical (unpaired) electrons. The lowest BCUT2D eigenvalue weighted by Crippen LogP contribution is -2.65. The van der Waals surface area contributed by atoms with Gasteiger partial charge in [0.05, 0.1) is 24.9 Å². The Morgan fingerprint density at radius 1 is 1.39 bits per heavy atom. The van der Waals surface area contributed by atoms with Crippen LogP contribution in [-0.2, 0) is 4.74 Å². The Bertz CT molecular complexity index is 625. The number of pyridine rings is 1. The first kappa shape index (κ1) is 14.9. The average Bonchev–Trinajstić information content (AvgIpc) is 3.44. The minimum atomic E-state index is -0.303. The molecular formula is C18H24N2O3. The quantitative estimate of drug-likeness (QED) is 0.876. The molecule has 1 aromatic heterocycles. The van der Waals surface area contributed by atoms with Crippen LogP contribution >= 0.6 is 0 Å². The predicted molar refractivity (Wildman–Crippen MR) is 85.7 cm³/mol. The molecule has 1 aromatic rings. The summed E-state index contributed by atoms with van der Waals surface area (Å²) in [5.74, 6) is 1.75. The first-order valence-corrected chi connectivity index (χ1v) is 8.63. The zero-order valence-electron chi connectivity index (χ0n) is 13.8. The van der Waals surface area contributed by atoms with Crippen molar-refractivity contribution in [2.24, 2.45) is 5.92 Å². The van der Waals surface area contributed by atoms with E-state index in [1.54, 1.807) is 0 Å². The van der Waals surface area contributed by atoms with Gasteiger partial charge in [0.25, 0.3) is 5.91 Å². The summed E-state index contributed by atoms with van der Waals surface area (Å²) in [6, 6.07) is 3.84. The highest BCUT2D eigenvalue weighted by molar-refractivity contribution is 5.93. The van der Waals surface area contributed by atoms with Gasteiger partial charge in [-0.1, -0.05) is 6.07 Å². The molecule has 2 atom stereocenters. The van der Waals surface area contributed by atoms with Crippen LogP contribution < -0.4 is 10.1 Å². The average molecular weight is 316 g/mol. The van der Waals surface area contributed by atoms with Gasteiger partial charge in [-0.15, -0.1) is 0 Å². The van der Waals surface area contributed by atoms with E-state index in [9.17, 15) is 4.79 Å². The Balaban J connectivity index is 1.50. The topological polar surface area (TPSA) is 60.5 Å². The van der Waals surface area contributed by atoms with Crippen molar-refractivity contribution in [1.29, 1.82) is 0 Å². The first-order valence-electron chi connectivity index (χ1n) is 8.63. The number of rotatable bonds is 6. The van der Waals surface area contributed by atoms with Gasteiger partial charge in [-0.3, -0.25) is 4.79 Å². The van der Waals surface area contributed by atoms with Gasteiger partial charge in [0.1, 0.15) is 5.69 Å². The second-order valence-corrected chi connectivity index (χ2v) is 7.44.